The molecule has 0 aliphatic carbocycles. The third kappa shape index (κ3) is 2.20. The molecule has 5 N–H and O–H groups in total. The Morgan fingerprint density at radius 3 is 2.94 bits per heavy atom. The van der Waals surface area contributed by atoms with Gasteiger partial charge in [0.25, 0.3) is 0 Å². The Labute approximate surface area is 94.6 Å². The van der Waals surface area contributed by atoms with E-state index in [1.54, 1.807) is 19.2 Å². The number of nitrogens with one attached hydrogen (secondary N) is 2. The minimum atomic E-state index is -0.373. The highest BCUT2D eigenvalue weighted by atomic mass is 16.5. The third-order valence-electron chi connectivity index (χ3n) is 2.75. The third-order valence-corrected chi connectivity index (χ3v) is 2.75. The molecule has 16 heavy (non-hydrogen) atoms. The lowest BCUT2D eigenvalue weighted by atomic mass is 10.2. The topological polar surface area (TPSA) is 79.5 Å². The van der Waals surface area contributed by atoms with Crippen molar-refractivity contribution in [3.63, 3.8) is 0 Å². The lowest BCUT2D eigenvalue weighted by Crippen LogP contribution is -2.32. The zero-order valence-corrected chi connectivity index (χ0v) is 9.23. The normalized spacial score (nSPS) is 24.4. The molecule has 0 bridgehead atoms. The fourth-order valence-corrected chi connectivity index (χ4v) is 1.84. The number of benzene rings is 1. The molecule has 0 unspecified atom stereocenters. The number of nitrogen functional groups attached to an aromatic ring is 1. The van der Waals surface area contributed by atoms with Gasteiger partial charge in [-0.2, -0.15) is 0 Å². The predicted molar refractivity (Wildman–Crippen MR) is 63.7 cm³/mol. The number of hydrogen-bond acceptors (Lipinski definition) is 5. The average molecular weight is 223 g/mol. The minimum absolute atomic E-state index is 0.0116. The van der Waals surface area contributed by atoms with Gasteiger partial charge in [-0.05, 0) is 12.1 Å². The second-order valence-corrected chi connectivity index (χ2v) is 3.94. The molecule has 2 rings (SSSR count). The molecule has 0 amide bonds. The molecule has 0 spiro atoms. The van der Waals surface area contributed by atoms with Crippen molar-refractivity contribution in [1.29, 1.82) is 0 Å². The maximum Gasteiger partial charge on any atom is 0.144 e. The number of anilines is 2. The van der Waals surface area contributed by atoms with Gasteiger partial charge in [0.1, 0.15) is 5.75 Å². The van der Waals surface area contributed by atoms with Gasteiger partial charge < -0.3 is 26.2 Å². The molecule has 0 saturated carbocycles. The fourth-order valence-electron chi connectivity index (χ4n) is 1.84. The number of aliphatic hydroxyl groups excluding tert-OH is 1. The summed E-state index contributed by atoms with van der Waals surface area (Å²) >= 11 is 0. The Hall–Kier alpha value is -1.46. The van der Waals surface area contributed by atoms with Crippen molar-refractivity contribution in [2.24, 2.45) is 0 Å². The highest BCUT2D eigenvalue weighted by Crippen LogP contribution is 2.27. The molecule has 0 radical (unpaired) electrons. The van der Waals surface area contributed by atoms with Gasteiger partial charge in [0.2, 0.25) is 0 Å². The van der Waals surface area contributed by atoms with E-state index in [1.807, 2.05) is 6.07 Å². The van der Waals surface area contributed by atoms with Crippen LogP contribution in [0.15, 0.2) is 18.2 Å². The van der Waals surface area contributed by atoms with Gasteiger partial charge in [-0.1, -0.05) is 0 Å². The number of nitrogens with two attached hydrogens (primary N) is 1. The largest absolute Gasteiger partial charge is 0.495 e. The number of aliphatic hydroxyl groups is 1. The molecular weight excluding hydrogens is 206 g/mol. The standard InChI is InChI=1S/C11H17N3O2/c1-16-11-4-7(12)2-3-8(11)14-9-5-13-6-10(9)15/h2-4,9-10,13-15H,5-6,12H2,1H3/t9-,10+/m1/s1. The van der Waals surface area contributed by atoms with Crippen LogP contribution in [0, 0.1) is 0 Å². The fraction of sp³-hybridized carbons (Fsp3) is 0.455. The van der Waals surface area contributed by atoms with Crippen molar-refractivity contribution in [1.82, 2.24) is 5.32 Å². The van der Waals surface area contributed by atoms with Crippen LogP contribution in [0.2, 0.25) is 0 Å². The number of ether oxygens (including phenoxy) is 1. The number of β-amino-alcohol motifs (C(OH)–C–C–N with tert-alkyl or cyclic N) is 1. The Balaban J connectivity index is 2.14. The van der Waals surface area contributed by atoms with Crippen LogP contribution < -0.4 is 21.1 Å². The average Bonchev–Trinajstić information content (AvgIpc) is 2.67. The number of methoxy groups -OCH3 is 1. The van der Waals surface area contributed by atoms with E-state index in [0.717, 1.165) is 12.2 Å². The van der Waals surface area contributed by atoms with Crippen LogP contribution in [0.5, 0.6) is 5.75 Å². The second-order valence-electron chi connectivity index (χ2n) is 3.94. The van der Waals surface area contributed by atoms with E-state index in [9.17, 15) is 5.11 Å². The van der Waals surface area contributed by atoms with Gasteiger partial charge in [-0.3, -0.25) is 0 Å². The van der Waals surface area contributed by atoms with Crippen LogP contribution in [0.4, 0.5) is 11.4 Å². The summed E-state index contributed by atoms with van der Waals surface area (Å²) in [7, 11) is 1.60. The molecule has 0 aromatic heterocycles. The van der Waals surface area contributed by atoms with Crippen LogP contribution in [0.1, 0.15) is 0 Å². The molecule has 1 saturated heterocycles. The molecule has 1 fully saturated rings. The summed E-state index contributed by atoms with van der Waals surface area (Å²) in [5.41, 5.74) is 7.18. The highest BCUT2D eigenvalue weighted by molar-refractivity contribution is 5.63. The van der Waals surface area contributed by atoms with Crippen LogP contribution in [-0.4, -0.2) is 37.5 Å². The molecule has 5 heteroatoms. The van der Waals surface area contributed by atoms with Gasteiger partial charge in [0.15, 0.2) is 0 Å². The molecular formula is C11H17N3O2. The van der Waals surface area contributed by atoms with Crippen LogP contribution in [0.25, 0.3) is 0 Å². The molecule has 2 atom stereocenters. The van der Waals surface area contributed by atoms with Gasteiger partial charge in [-0.25, -0.2) is 0 Å². The first-order valence-corrected chi connectivity index (χ1v) is 5.29. The Bertz CT molecular complexity index is 370. The SMILES string of the molecule is COc1cc(N)ccc1N[C@@H]1CNC[C@@H]1O. The number of hydrogen-bond donors (Lipinski definition) is 4. The van der Waals surface area contributed by atoms with E-state index in [4.69, 9.17) is 10.5 Å². The first-order valence-electron chi connectivity index (χ1n) is 5.29. The summed E-state index contributed by atoms with van der Waals surface area (Å²) < 4.78 is 5.23. The van der Waals surface area contributed by atoms with E-state index in [0.29, 0.717) is 18.0 Å². The monoisotopic (exact) mass is 223 g/mol. The molecule has 1 aromatic rings. The molecule has 1 aliphatic rings. The van der Waals surface area contributed by atoms with Gasteiger partial charge in [-0.15, -0.1) is 0 Å². The van der Waals surface area contributed by atoms with Gasteiger partial charge >= 0.3 is 0 Å². The van der Waals surface area contributed by atoms with Crippen molar-refractivity contribution in [3.05, 3.63) is 18.2 Å². The van der Waals surface area contributed by atoms with Gasteiger partial charge in [0.05, 0.1) is 24.9 Å². The summed E-state index contributed by atoms with van der Waals surface area (Å²) in [6, 6.07) is 5.44. The zero-order chi connectivity index (χ0) is 11.5. The van der Waals surface area contributed by atoms with Crippen LogP contribution >= 0.6 is 0 Å². The Morgan fingerprint density at radius 1 is 1.50 bits per heavy atom. The van der Waals surface area contributed by atoms with E-state index < -0.39 is 0 Å². The molecule has 1 aromatic carbocycles. The maximum absolute atomic E-state index is 9.68. The number of rotatable bonds is 3. The van der Waals surface area contributed by atoms with Crippen molar-refractivity contribution < 1.29 is 9.84 Å². The summed E-state index contributed by atoms with van der Waals surface area (Å²) in [4.78, 5) is 0. The molecule has 1 heterocycles. The van der Waals surface area contributed by atoms with Crippen molar-refractivity contribution >= 4 is 11.4 Å². The zero-order valence-electron chi connectivity index (χ0n) is 9.23. The highest BCUT2D eigenvalue weighted by Gasteiger charge is 2.25. The van der Waals surface area contributed by atoms with Crippen LogP contribution in [-0.2, 0) is 0 Å². The van der Waals surface area contributed by atoms with Crippen molar-refractivity contribution in [3.8, 4) is 5.75 Å². The quantitative estimate of drug-likeness (QED) is 0.543. The Morgan fingerprint density at radius 2 is 2.31 bits per heavy atom. The minimum Gasteiger partial charge on any atom is -0.495 e. The lowest BCUT2D eigenvalue weighted by molar-refractivity contribution is 0.185. The smallest absolute Gasteiger partial charge is 0.144 e. The molecule has 5 nitrogen and oxygen atoms in total. The van der Waals surface area contributed by atoms with Crippen molar-refractivity contribution in [2.75, 3.05) is 31.2 Å². The summed E-state index contributed by atoms with van der Waals surface area (Å²) in [5, 5.41) is 16.0. The predicted octanol–water partition coefficient (Wildman–Crippen LogP) is 0.0220. The summed E-state index contributed by atoms with van der Waals surface area (Å²) in [5.74, 6) is 0.694. The van der Waals surface area contributed by atoms with E-state index in [2.05, 4.69) is 10.6 Å². The first kappa shape index (κ1) is 11.0. The van der Waals surface area contributed by atoms with E-state index in [-0.39, 0.29) is 12.1 Å². The van der Waals surface area contributed by atoms with Crippen molar-refractivity contribution in [2.45, 2.75) is 12.1 Å². The second kappa shape index (κ2) is 4.59. The molecule has 1 aliphatic heterocycles. The first-order chi connectivity index (χ1) is 7.70. The lowest BCUT2D eigenvalue weighted by Gasteiger charge is -2.19. The Kier molecular flexibility index (Phi) is 3.17. The van der Waals surface area contributed by atoms with Crippen LogP contribution in [0.3, 0.4) is 0 Å². The van der Waals surface area contributed by atoms with Gasteiger partial charge in [0, 0.05) is 24.8 Å². The molecule has 88 valence electrons. The maximum atomic E-state index is 9.68. The van der Waals surface area contributed by atoms with E-state index in [1.165, 1.54) is 0 Å². The summed E-state index contributed by atoms with van der Waals surface area (Å²) in [6.07, 6.45) is -0.373. The summed E-state index contributed by atoms with van der Waals surface area (Å²) in [6.45, 7) is 1.36. The van der Waals surface area contributed by atoms with E-state index >= 15 is 0 Å².